The van der Waals surface area contributed by atoms with E-state index in [1.165, 1.54) is 25.3 Å². The number of carbonyl (C=O) groups is 1. The lowest BCUT2D eigenvalue weighted by atomic mass is 10.0. The topological polar surface area (TPSA) is 73.1 Å². The zero-order valence-corrected chi connectivity index (χ0v) is 8.51. The molecule has 0 atom stereocenters. The van der Waals surface area contributed by atoms with Gasteiger partial charge in [0.15, 0.2) is 5.78 Å². The van der Waals surface area contributed by atoms with E-state index >= 15 is 0 Å². The molecule has 0 radical (unpaired) electrons. The SMILES string of the molecule is CC(=O)c1ccc([N+](=O)[O-])c2ncccc12. The van der Waals surface area contributed by atoms with Crippen LogP contribution in [0, 0.1) is 10.1 Å². The van der Waals surface area contributed by atoms with Gasteiger partial charge in [0.05, 0.1) is 4.92 Å². The van der Waals surface area contributed by atoms with Crippen molar-refractivity contribution in [1.29, 1.82) is 0 Å². The van der Waals surface area contributed by atoms with Gasteiger partial charge >= 0.3 is 0 Å². The van der Waals surface area contributed by atoms with Crippen LogP contribution in [-0.2, 0) is 0 Å². The van der Waals surface area contributed by atoms with Gasteiger partial charge in [0, 0.05) is 23.2 Å². The van der Waals surface area contributed by atoms with Crippen LogP contribution < -0.4 is 0 Å². The average molecular weight is 216 g/mol. The largest absolute Gasteiger partial charge is 0.295 e. The predicted octanol–water partition coefficient (Wildman–Crippen LogP) is 2.35. The number of hydrogen-bond donors (Lipinski definition) is 0. The molecule has 16 heavy (non-hydrogen) atoms. The maximum atomic E-state index is 11.3. The van der Waals surface area contributed by atoms with Crippen molar-refractivity contribution >= 4 is 22.4 Å². The zero-order chi connectivity index (χ0) is 11.7. The molecule has 0 aliphatic carbocycles. The number of pyridine rings is 1. The lowest BCUT2D eigenvalue weighted by molar-refractivity contribution is -0.383. The summed E-state index contributed by atoms with van der Waals surface area (Å²) in [6, 6.07) is 6.08. The monoisotopic (exact) mass is 216 g/mol. The summed E-state index contributed by atoms with van der Waals surface area (Å²) in [6.07, 6.45) is 1.47. The third kappa shape index (κ3) is 1.52. The van der Waals surface area contributed by atoms with Gasteiger partial charge in [-0.25, -0.2) is 4.98 Å². The summed E-state index contributed by atoms with van der Waals surface area (Å²) in [4.78, 5) is 25.6. The number of fused-ring (bicyclic) bond motifs is 1. The van der Waals surface area contributed by atoms with E-state index in [0.717, 1.165) is 0 Å². The van der Waals surface area contributed by atoms with Crippen LogP contribution in [0.15, 0.2) is 30.5 Å². The molecule has 2 aromatic rings. The number of hydrogen-bond acceptors (Lipinski definition) is 4. The van der Waals surface area contributed by atoms with Crippen LogP contribution >= 0.6 is 0 Å². The summed E-state index contributed by atoms with van der Waals surface area (Å²) < 4.78 is 0. The quantitative estimate of drug-likeness (QED) is 0.438. The molecule has 0 spiro atoms. The Labute approximate surface area is 90.9 Å². The first-order valence-electron chi connectivity index (χ1n) is 4.64. The molecular weight excluding hydrogens is 208 g/mol. The Morgan fingerprint density at radius 3 is 2.75 bits per heavy atom. The number of nitro benzene ring substituents is 1. The number of rotatable bonds is 2. The van der Waals surface area contributed by atoms with Crippen LogP contribution in [0.25, 0.3) is 10.9 Å². The van der Waals surface area contributed by atoms with Crippen molar-refractivity contribution in [2.75, 3.05) is 0 Å². The fraction of sp³-hybridized carbons (Fsp3) is 0.0909. The average Bonchev–Trinajstić information content (AvgIpc) is 2.27. The Balaban J connectivity index is 2.87. The Morgan fingerprint density at radius 2 is 2.12 bits per heavy atom. The lowest BCUT2D eigenvalue weighted by Crippen LogP contribution is -1.98. The van der Waals surface area contributed by atoms with E-state index in [0.29, 0.717) is 10.9 Å². The number of aromatic nitrogens is 1. The number of nitrogens with zero attached hydrogens (tertiary/aromatic N) is 2. The molecule has 1 aromatic carbocycles. The molecule has 1 heterocycles. The van der Waals surface area contributed by atoms with Crippen molar-refractivity contribution in [2.45, 2.75) is 6.92 Å². The highest BCUT2D eigenvalue weighted by Gasteiger charge is 2.16. The smallest absolute Gasteiger partial charge is 0.294 e. The Hall–Kier alpha value is -2.30. The summed E-state index contributed by atoms with van der Waals surface area (Å²) >= 11 is 0. The number of carbonyl (C=O) groups excluding carboxylic acids is 1. The highest BCUT2D eigenvalue weighted by atomic mass is 16.6. The normalized spacial score (nSPS) is 10.3. The summed E-state index contributed by atoms with van der Waals surface area (Å²) in [5.41, 5.74) is 0.620. The van der Waals surface area contributed by atoms with Crippen molar-refractivity contribution in [1.82, 2.24) is 4.98 Å². The van der Waals surface area contributed by atoms with Crippen LogP contribution in [-0.4, -0.2) is 15.7 Å². The van der Waals surface area contributed by atoms with Crippen LogP contribution in [0.1, 0.15) is 17.3 Å². The fourth-order valence-corrected chi connectivity index (χ4v) is 1.61. The molecule has 0 unspecified atom stereocenters. The molecule has 80 valence electrons. The standard InChI is InChI=1S/C11H8N2O3/c1-7(14)8-4-5-10(13(15)16)11-9(8)3-2-6-12-11/h2-6H,1H3. The third-order valence-corrected chi connectivity index (χ3v) is 2.32. The van der Waals surface area contributed by atoms with E-state index in [2.05, 4.69) is 4.98 Å². The molecule has 0 saturated carbocycles. The van der Waals surface area contributed by atoms with E-state index in [1.807, 2.05) is 0 Å². The van der Waals surface area contributed by atoms with Crippen LogP contribution in [0.4, 0.5) is 5.69 Å². The molecule has 0 N–H and O–H groups in total. The number of benzene rings is 1. The summed E-state index contributed by atoms with van der Waals surface area (Å²) in [5.74, 6) is -0.132. The van der Waals surface area contributed by atoms with Crippen molar-refractivity contribution in [2.24, 2.45) is 0 Å². The first kappa shape index (κ1) is 10.2. The Bertz CT molecular complexity index is 540. The van der Waals surface area contributed by atoms with E-state index in [4.69, 9.17) is 0 Å². The molecule has 0 aliphatic heterocycles. The van der Waals surface area contributed by atoms with Gasteiger partial charge in [0.1, 0.15) is 5.52 Å². The molecule has 0 aliphatic rings. The summed E-state index contributed by atoms with van der Waals surface area (Å²) in [7, 11) is 0. The van der Waals surface area contributed by atoms with E-state index in [-0.39, 0.29) is 17.0 Å². The van der Waals surface area contributed by atoms with E-state index in [1.54, 1.807) is 12.1 Å². The molecule has 0 fully saturated rings. The van der Waals surface area contributed by atoms with Gasteiger partial charge in [-0.2, -0.15) is 0 Å². The first-order valence-corrected chi connectivity index (χ1v) is 4.64. The van der Waals surface area contributed by atoms with Crippen molar-refractivity contribution in [3.05, 3.63) is 46.1 Å². The number of non-ortho nitro benzene ring substituents is 1. The van der Waals surface area contributed by atoms with Crippen molar-refractivity contribution < 1.29 is 9.72 Å². The van der Waals surface area contributed by atoms with Crippen LogP contribution in [0.2, 0.25) is 0 Å². The van der Waals surface area contributed by atoms with Gasteiger partial charge in [-0.1, -0.05) is 6.07 Å². The molecule has 5 nitrogen and oxygen atoms in total. The number of ketones is 1. The molecule has 5 heteroatoms. The number of nitro groups is 1. The second kappa shape index (κ2) is 3.69. The highest BCUT2D eigenvalue weighted by Crippen LogP contribution is 2.26. The lowest BCUT2D eigenvalue weighted by Gasteiger charge is -2.02. The van der Waals surface area contributed by atoms with Gasteiger partial charge in [-0.05, 0) is 19.1 Å². The minimum absolute atomic E-state index is 0.0828. The maximum absolute atomic E-state index is 11.3. The molecular formula is C11H8N2O3. The Morgan fingerprint density at radius 1 is 1.38 bits per heavy atom. The highest BCUT2D eigenvalue weighted by molar-refractivity contribution is 6.08. The minimum Gasteiger partial charge on any atom is -0.294 e. The first-order chi connectivity index (χ1) is 7.61. The predicted molar refractivity (Wildman–Crippen MR) is 58.4 cm³/mol. The van der Waals surface area contributed by atoms with Gasteiger partial charge in [-0.3, -0.25) is 14.9 Å². The molecule has 0 amide bonds. The van der Waals surface area contributed by atoms with Crippen molar-refractivity contribution in [3.63, 3.8) is 0 Å². The van der Waals surface area contributed by atoms with Gasteiger partial charge in [0.25, 0.3) is 5.69 Å². The molecule has 0 bridgehead atoms. The Kier molecular flexibility index (Phi) is 2.36. The van der Waals surface area contributed by atoms with E-state index in [9.17, 15) is 14.9 Å². The maximum Gasteiger partial charge on any atom is 0.295 e. The number of Topliss-reactive ketones (excluding diaryl/α,β-unsaturated/α-hetero) is 1. The summed E-state index contributed by atoms with van der Waals surface area (Å²) in [5, 5.41) is 11.3. The van der Waals surface area contributed by atoms with Crippen LogP contribution in [0.5, 0.6) is 0 Å². The summed E-state index contributed by atoms with van der Waals surface area (Å²) in [6.45, 7) is 1.42. The van der Waals surface area contributed by atoms with Crippen molar-refractivity contribution in [3.8, 4) is 0 Å². The zero-order valence-electron chi connectivity index (χ0n) is 8.51. The minimum atomic E-state index is -0.501. The molecule has 0 saturated heterocycles. The third-order valence-electron chi connectivity index (χ3n) is 2.32. The van der Waals surface area contributed by atoms with Gasteiger partial charge in [-0.15, -0.1) is 0 Å². The molecule has 1 aromatic heterocycles. The second-order valence-corrected chi connectivity index (χ2v) is 3.35. The van der Waals surface area contributed by atoms with Gasteiger partial charge < -0.3 is 0 Å². The molecule has 2 rings (SSSR count). The van der Waals surface area contributed by atoms with Gasteiger partial charge in [0.2, 0.25) is 0 Å². The van der Waals surface area contributed by atoms with E-state index < -0.39 is 4.92 Å². The second-order valence-electron chi connectivity index (χ2n) is 3.35. The van der Waals surface area contributed by atoms with Crippen LogP contribution in [0.3, 0.4) is 0 Å². The fourth-order valence-electron chi connectivity index (χ4n) is 1.61.